The first-order chi connectivity index (χ1) is 7.09. The number of hydrogen-bond acceptors (Lipinski definition) is 5. The third-order valence-corrected chi connectivity index (χ3v) is 3.58. The summed E-state index contributed by atoms with van der Waals surface area (Å²) < 4.78 is 0.708. The van der Waals surface area contributed by atoms with Crippen molar-refractivity contribution in [3.8, 4) is 0 Å². The third-order valence-electron chi connectivity index (χ3n) is 2.36. The lowest BCUT2D eigenvalue weighted by molar-refractivity contribution is 0.289. The third kappa shape index (κ3) is 1.94. The number of halogens is 1. The molecule has 1 atom stereocenters. The Bertz CT molecular complexity index is 387. The molecule has 0 saturated carbocycles. The van der Waals surface area contributed by atoms with Gasteiger partial charge in [0.2, 0.25) is 0 Å². The Labute approximate surface area is 97.8 Å². The van der Waals surface area contributed by atoms with Gasteiger partial charge < -0.3 is 10.6 Å². The smallest absolute Gasteiger partial charge is 0.192 e. The highest BCUT2D eigenvalue weighted by Gasteiger charge is 2.31. The molecule has 1 aliphatic rings. The largest absolute Gasteiger partial charge is 0.370 e. The molecule has 1 unspecified atom stereocenters. The van der Waals surface area contributed by atoms with E-state index in [2.05, 4.69) is 28.7 Å². The standard InChI is InChI=1S/C9H13ClN4S/c1-5(2)14-6(3-13-9(14)11)8-12-4-7(10)15-8/h4-6H,3H2,1-2H3,(H2,11,13). The fourth-order valence-corrected chi connectivity index (χ4v) is 2.77. The predicted molar refractivity (Wildman–Crippen MR) is 63.3 cm³/mol. The lowest BCUT2D eigenvalue weighted by atomic mass is 10.2. The molecule has 6 heteroatoms. The van der Waals surface area contributed by atoms with Gasteiger partial charge in [-0.2, -0.15) is 0 Å². The number of aliphatic imine (C=N–C) groups is 1. The van der Waals surface area contributed by atoms with Crippen molar-refractivity contribution in [2.75, 3.05) is 6.54 Å². The maximum atomic E-state index is 5.87. The Morgan fingerprint density at radius 2 is 2.40 bits per heavy atom. The van der Waals surface area contributed by atoms with E-state index in [0.29, 0.717) is 22.9 Å². The second-order valence-corrected chi connectivity index (χ2v) is 5.41. The van der Waals surface area contributed by atoms with Crippen molar-refractivity contribution in [1.82, 2.24) is 9.88 Å². The topological polar surface area (TPSA) is 54.5 Å². The lowest BCUT2D eigenvalue weighted by Crippen LogP contribution is -2.40. The minimum Gasteiger partial charge on any atom is -0.370 e. The van der Waals surface area contributed by atoms with Gasteiger partial charge in [-0.15, -0.1) is 11.3 Å². The molecule has 1 aliphatic heterocycles. The normalized spacial score (nSPS) is 21.2. The van der Waals surface area contributed by atoms with Crippen LogP contribution in [0.3, 0.4) is 0 Å². The van der Waals surface area contributed by atoms with E-state index >= 15 is 0 Å². The van der Waals surface area contributed by atoms with Crippen LogP contribution in [0.1, 0.15) is 24.9 Å². The zero-order valence-electron chi connectivity index (χ0n) is 8.64. The summed E-state index contributed by atoms with van der Waals surface area (Å²) in [7, 11) is 0. The molecular weight excluding hydrogens is 232 g/mol. The summed E-state index contributed by atoms with van der Waals surface area (Å²) in [6, 6.07) is 0.478. The van der Waals surface area contributed by atoms with E-state index in [1.165, 1.54) is 11.3 Å². The van der Waals surface area contributed by atoms with Crippen LogP contribution in [0.2, 0.25) is 4.34 Å². The van der Waals surface area contributed by atoms with E-state index in [9.17, 15) is 0 Å². The van der Waals surface area contributed by atoms with E-state index in [4.69, 9.17) is 17.3 Å². The second kappa shape index (κ2) is 3.98. The molecule has 0 spiro atoms. The zero-order valence-corrected chi connectivity index (χ0v) is 10.2. The average molecular weight is 245 g/mol. The van der Waals surface area contributed by atoms with Crippen molar-refractivity contribution < 1.29 is 0 Å². The minimum atomic E-state index is 0.155. The molecule has 82 valence electrons. The summed E-state index contributed by atoms with van der Waals surface area (Å²) in [5.41, 5.74) is 5.83. The van der Waals surface area contributed by atoms with Crippen LogP contribution in [0, 0.1) is 0 Å². The highest BCUT2D eigenvalue weighted by atomic mass is 35.5. The summed E-state index contributed by atoms with van der Waals surface area (Å²) in [5, 5.41) is 0.984. The van der Waals surface area contributed by atoms with Gasteiger partial charge in [-0.1, -0.05) is 11.6 Å². The van der Waals surface area contributed by atoms with Crippen LogP contribution in [0.4, 0.5) is 0 Å². The molecule has 0 bridgehead atoms. The van der Waals surface area contributed by atoms with Gasteiger partial charge in [-0.3, -0.25) is 4.99 Å². The second-order valence-electron chi connectivity index (χ2n) is 3.72. The Hall–Kier alpha value is -0.810. The molecular formula is C9H13ClN4S. The highest BCUT2D eigenvalue weighted by Crippen LogP contribution is 2.31. The number of thiazole rings is 1. The molecule has 2 N–H and O–H groups in total. The van der Waals surface area contributed by atoms with Gasteiger partial charge in [0.05, 0.1) is 12.7 Å². The molecule has 1 aromatic heterocycles. The molecule has 2 heterocycles. The van der Waals surface area contributed by atoms with Crippen molar-refractivity contribution in [3.05, 3.63) is 15.5 Å². The van der Waals surface area contributed by atoms with Gasteiger partial charge in [0, 0.05) is 6.04 Å². The molecule has 4 nitrogen and oxygen atoms in total. The Morgan fingerprint density at radius 1 is 1.67 bits per heavy atom. The van der Waals surface area contributed by atoms with Gasteiger partial charge in [0.25, 0.3) is 0 Å². The first-order valence-corrected chi connectivity index (χ1v) is 5.98. The SMILES string of the molecule is CC(C)N1C(N)=NCC1c1ncc(Cl)s1. The minimum absolute atomic E-state index is 0.155. The monoisotopic (exact) mass is 244 g/mol. The summed E-state index contributed by atoms with van der Waals surface area (Å²) >= 11 is 7.36. The van der Waals surface area contributed by atoms with Crippen LogP contribution in [-0.4, -0.2) is 28.4 Å². The fourth-order valence-electron chi connectivity index (χ4n) is 1.75. The molecule has 0 aromatic carbocycles. The highest BCUT2D eigenvalue weighted by molar-refractivity contribution is 7.15. The predicted octanol–water partition coefficient (Wildman–Crippen LogP) is 1.88. The van der Waals surface area contributed by atoms with Crippen molar-refractivity contribution in [2.45, 2.75) is 25.9 Å². The molecule has 0 radical (unpaired) electrons. The fraction of sp³-hybridized carbons (Fsp3) is 0.556. The van der Waals surface area contributed by atoms with Gasteiger partial charge in [-0.25, -0.2) is 4.98 Å². The van der Waals surface area contributed by atoms with Crippen molar-refractivity contribution in [1.29, 1.82) is 0 Å². The van der Waals surface area contributed by atoms with Crippen LogP contribution < -0.4 is 5.73 Å². The van der Waals surface area contributed by atoms with Crippen molar-refractivity contribution in [3.63, 3.8) is 0 Å². The van der Waals surface area contributed by atoms with Gasteiger partial charge in [0.1, 0.15) is 15.4 Å². The molecule has 0 saturated heterocycles. The zero-order chi connectivity index (χ0) is 11.0. The Balaban J connectivity index is 2.24. The Kier molecular flexibility index (Phi) is 2.84. The first kappa shape index (κ1) is 10.7. The molecule has 0 amide bonds. The van der Waals surface area contributed by atoms with Crippen molar-refractivity contribution >= 4 is 28.9 Å². The van der Waals surface area contributed by atoms with Crippen LogP contribution in [0.15, 0.2) is 11.2 Å². The number of aromatic nitrogens is 1. The number of hydrogen-bond donors (Lipinski definition) is 1. The molecule has 15 heavy (non-hydrogen) atoms. The van der Waals surface area contributed by atoms with Crippen LogP contribution in [0.25, 0.3) is 0 Å². The van der Waals surface area contributed by atoms with E-state index in [1.807, 2.05) is 0 Å². The number of nitrogens with two attached hydrogens (primary N) is 1. The molecule has 1 aromatic rings. The van der Waals surface area contributed by atoms with Gasteiger partial charge in [-0.05, 0) is 13.8 Å². The van der Waals surface area contributed by atoms with E-state index in [1.54, 1.807) is 6.20 Å². The van der Waals surface area contributed by atoms with E-state index < -0.39 is 0 Å². The maximum Gasteiger partial charge on any atom is 0.192 e. The van der Waals surface area contributed by atoms with Crippen LogP contribution >= 0.6 is 22.9 Å². The number of rotatable bonds is 2. The molecule has 0 fully saturated rings. The van der Waals surface area contributed by atoms with E-state index in [0.717, 1.165) is 5.01 Å². The molecule has 0 aliphatic carbocycles. The summed E-state index contributed by atoms with van der Waals surface area (Å²) in [6.07, 6.45) is 1.68. The van der Waals surface area contributed by atoms with E-state index in [-0.39, 0.29) is 6.04 Å². The van der Waals surface area contributed by atoms with Crippen LogP contribution in [-0.2, 0) is 0 Å². The number of nitrogens with zero attached hydrogens (tertiary/aromatic N) is 3. The van der Waals surface area contributed by atoms with Crippen LogP contribution in [0.5, 0.6) is 0 Å². The number of guanidine groups is 1. The molecule has 2 rings (SSSR count). The average Bonchev–Trinajstić information content (AvgIpc) is 2.71. The summed E-state index contributed by atoms with van der Waals surface area (Å²) in [4.78, 5) is 10.6. The van der Waals surface area contributed by atoms with Gasteiger partial charge in [0.15, 0.2) is 5.96 Å². The summed E-state index contributed by atoms with van der Waals surface area (Å²) in [6.45, 7) is 4.86. The van der Waals surface area contributed by atoms with Crippen molar-refractivity contribution in [2.24, 2.45) is 10.7 Å². The maximum absolute atomic E-state index is 5.87. The Morgan fingerprint density at radius 3 is 2.93 bits per heavy atom. The summed E-state index contributed by atoms with van der Waals surface area (Å²) in [5.74, 6) is 0.598. The first-order valence-electron chi connectivity index (χ1n) is 4.79. The quantitative estimate of drug-likeness (QED) is 0.864. The lowest BCUT2D eigenvalue weighted by Gasteiger charge is -2.28. The van der Waals surface area contributed by atoms with Gasteiger partial charge >= 0.3 is 0 Å².